The van der Waals surface area contributed by atoms with Gasteiger partial charge in [0, 0.05) is 6.54 Å². The first kappa shape index (κ1) is 13.8. The molecule has 8 heteroatoms. The number of alkyl halides is 3. The monoisotopic (exact) mass is 254 g/mol. The standard InChI is InChI=1S/C9H13F3N2O3/c1-17-7(15)5-2-3-13-4-6(5)14-8(16)9(10,11)12/h5-6,13H,2-4H2,1H3,(H,14,16). The van der Waals surface area contributed by atoms with Crippen LogP contribution >= 0.6 is 0 Å². The molecule has 1 aliphatic heterocycles. The maximum atomic E-state index is 12.1. The lowest BCUT2D eigenvalue weighted by atomic mass is 9.92. The van der Waals surface area contributed by atoms with Crippen LogP contribution in [0.2, 0.25) is 0 Å². The molecule has 0 bridgehead atoms. The number of halogens is 3. The van der Waals surface area contributed by atoms with Crippen LogP contribution < -0.4 is 10.6 Å². The predicted octanol–water partition coefficient (Wildman–Crippen LogP) is -0.184. The van der Waals surface area contributed by atoms with Crippen LogP contribution in [-0.2, 0) is 14.3 Å². The lowest BCUT2D eigenvalue weighted by Crippen LogP contribution is -2.56. The fraction of sp³-hybridized carbons (Fsp3) is 0.778. The van der Waals surface area contributed by atoms with Crippen LogP contribution in [0.5, 0.6) is 0 Å². The van der Waals surface area contributed by atoms with Crippen LogP contribution in [0.15, 0.2) is 0 Å². The molecule has 0 radical (unpaired) electrons. The highest BCUT2D eigenvalue weighted by atomic mass is 19.4. The van der Waals surface area contributed by atoms with Crippen LogP contribution in [-0.4, -0.2) is 44.3 Å². The molecule has 0 aromatic rings. The second-order valence-electron chi connectivity index (χ2n) is 3.70. The van der Waals surface area contributed by atoms with Crippen molar-refractivity contribution in [3.63, 3.8) is 0 Å². The number of hydrogen-bond acceptors (Lipinski definition) is 4. The van der Waals surface area contributed by atoms with Crippen LogP contribution in [0.25, 0.3) is 0 Å². The first-order valence-electron chi connectivity index (χ1n) is 5.02. The van der Waals surface area contributed by atoms with Gasteiger partial charge in [-0.2, -0.15) is 13.2 Å². The second-order valence-corrected chi connectivity index (χ2v) is 3.70. The van der Waals surface area contributed by atoms with Gasteiger partial charge in [0.1, 0.15) is 0 Å². The average molecular weight is 254 g/mol. The van der Waals surface area contributed by atoms with Crippen molar-refractivity contribution in [3.8, 4) is 0 Å². The summed E-state index contributed by atoms with van der Waals surface area (Å²) < 4.78 is 40.7. The van der Waals surface area contributed by atoms with E-state index < -0.39 is 30.0 Å². The van der Waals surface area contributed by atoms with E-state index in [0.29, 0.717) is 13.0 Å². The molecule has 2 unspecified atom stereocenters. The van der Waals surface area contributed by atoms with Crippen LogP contribution in [0.3, 0.4) is 0 Å². The Hall–Kier alpha value is -1.31. The highest BCUT2D eigenvalue weighted by molar-refractivity contribution is 5.83. The van der Waals surface area contributed by atoms with Gasteiger partial charge in [0.15, 0.2) is 0 Å². The fourth-order valence-electron chi connectivity index (χ4n) is 1.69. The summed E-state index contributed by atoms with van der Waals surface area (Å²) in [7, 11) is 1.16. The Balaban J connectivity index is 2.66. The lowest BCUT2D eigenvalue weighted by molar-refractivity contribution is -0.175. The third-order valence-corrected chi connectivity index (χ3v) is 2.56. The van der Waals surface area contributed by atoms with E-state index in [1.165, 1.54) is 0 Å². The number of nitrogens with one attached hydrogen (secondary N) is 2. The summed E-state index contributed by atoms with van der Waals surface area (Å²) in [4.78, 5) is 22.1. The Morgan fingerprint density at radius 3 is 2.59 bits per heavy atom. The number of esters is 1. The molecule has 0 aromatic heterocycles. The molecule has 0 aliphatic carbocycles. The number of methoxy groups -OCH3 is 1. The van der Waals surface area contributed by atoms with Crippen molar-refractivity contribution >= 4 is 11.9 Å². The second kappa shape index (κ2) is 5.35. The SMILES string of the molecule is COC(=O)C1CCNCC1NC(=O)C(F)(F)F. The van der Waals surface area contributed by atoms with Gasteiger partial charge in [-0.05, 0) is 13.0 Å². The third-order valence-electron chi connectivity index (χ3n) is 2.56. The van der Waals surface area contributed by atoms with Crippen molar-refractivity contribution in [1.29, 1.82) is 0 Å². The van der Waals surface area contributed by atoms with Crippen LogP contribution in [0.1, 0.15) is 6.42 Å². The van der Waals surface area contributed by atoms with E-state index in [1.807, 2.05) is 0 Å². The topological polar surface area (TPSA) is 67.4 Å². The summed E-state index contributed by atoms with van der Waals surface area (Å²) in [5.74, 6) is -3.40. The van der Waals surface area contributed by atoms with Gasteiger partial charge >= 0.3 is 18.1 Å². The largest absolute Gasteiger partial charge is 0.471 e. The number of carbonyl (C=O) groups excluding carboxylic acids is 2. The van der Waals surface area contributed by atoms with Gasteiger partial charge in [0.25, 0.3) is 0 Å². The van der Waals surface area contributed by atoms with Crippen LogP contribution in [0, 0.1) is 5.92 Å². The molecule has 1 rings (SSSR count). The van der Waals surface area contributed by atoms with Crippen LogP contribution in [0.4, 0.5) is 13.2 Å². The fourth-order valence-corrected chi connectivity index (χ4v) is 1.69. The molecule has 0 saturated carbocycles. The molecule has 1 heterocycles. The molecule has 5 nitrogen and oxygen atoms in total. The predicted molar refractivity (Wildman–Crippen MR) is 51.0 cm³/mol. The summed E-state index contributed by atoms with van der Waals surface area (Å²) in [5.41, 5.74) is 0. The molecular weight excluding hydrogens is 241 g/mol. The number of amides is 1. The summed E-state index contributed by atoms with van der Waals surface area (Å²) in [6.07, 6.45) is -4.62. The molecule has 0 spiro atoms. The molecule has 17 heavy (non-hydrogen) atoms. The number of rotatable bonds is 2. The Kier molecular flexibility index (Phi) is 4.33. The molecule has 1 fully saturated rings. The first-order chi connectivity index (χ1) is 7.86. The number of ether oxygens (including phenoxy) is 1. The molecule has 1 amide bonds. The molecule has 0 aromatic carbocycles. The quantitative estimate of drug-likeness (QED) is 0.671. The van der Waals surface area contributed by atoms with Crippen molar-refractivity contribution < 1.29 is 27.5 Å². The number of hydrogen-bond donors (Lipinski definition) is 2. The molecule has 98 valence electrons. The molecular formula is C9H13F3N2O3. The van der Waals surface area contributed by atoms with Crippen molar-refractivity contribution in [1.82, 2.24) is 10.6 Å². The Labute approximate surface area is 95.7 Å². The van der Waals surface area contributed by atoms with E-state index in [0.717, 1.165) is 7.11 Å². The normalized spacial score (nSPS) is 25.2. The van der Waals surface area contributed by atoms with Crippen molar-refractivity contribution in [3.05, 3.63) is 0 Å². The highest BCUT2D eigenvalue weighted by Gasteiger charge is 2.42. The first-order valence-corrected chi connectivity index (χ1v) is 5.02. The van der Waals surface area contributed by atoms with Gasteiger partial charge in [-0.25, -0.2) is 0 Å². The molecule has 1 aliphatic rings. The van der Waals surface area contributed by atoms with Gasteiger partial charge in [-0.15, -0.1) is 0 Å². The number of piperidine rings is 1. The summed E-state index contributed by atoms with van der Waals surface area (Å²) in [5, 5.41) is 4.61. The minimum atomic E-state index is -4.95. The molecule has 2 atom stereocenters. The van der Waals surface area contributed by atoms with Crippen molar-refractivity contribution in [2.24, 2.45) is 5.92 Å². The third kappa shape index (κ3) is 3.58. The van der Waals surface area contributed by atoms with Gasteiger partial charge in [-0.1, -0.05) is 0 Å². The van der Waals surface area contributed by atoms with E-state index in [2.05, 4.69) is 10.1 Å². The number of carbonyl (C=O) groups is 2. The Bertz CT molecular complexity index is 306. The minimum absolute atomic E-state index is 0.113. The van der Waals surface area contributed by atoms with Gasteiger partial charge in [-0.3, -0.25) is 9.59 Å². The van der Waals surface area contributed by atoms with Gasteiger partial charge in [0.05, 0.1) is 19.1 Å². The van der Waals surface area contributed by atoms with E-state index in [9.17, 15) is 22.8 Å². The zero-order valence-corrected chi connectivity index (χ0v) is 9.13. The van der Waals surface area contributed by atoms with Crippen molar-refractivity contribution in [2.45, 2.75) is 18.6 Å². The van der Waals surface area contributed by atoms with E-state index in [-0.39, 0.29) is 6.54 Å². The van der Waals surface area contributed by atoms with Gasteiger partial charge in [0.2, 0.25) is 0 Å². The Morgan fingerprint density at radius 2 is 2.06 bits per heavy atom. The van der Waals surface area contributed by atoms with Gasteiger partial charge < -0.3 is 15.4 Å². The summed E-state index contributed by atoms with van der Waals surface area (Å²) in [6, 6.07) is -0.898. The molecule has 2 N–H and O–H groups in total. The van der Waals surface area contributed by atoms with Crippen molar-refractivity contribution in [2.75, 3.05) is 20.2 Å². The van der Waals surface area contributed by atoms with E-state index in [1.54, 1.807) is 5.32 Å². The molecule has 1 saturated heterocycles. The average Bonchev–Trinajstić information content (AvgIpc) is 2.27. The lowest BCUT2D eigenvalue weighted by Gasteiger charge is -2.30. The summed E-state index contributed by atoms with van der Waals surface area (Å²) in [6.45, 7) is 0.611. The Morgan fingerprint density at radius 1 is 1.41 bits per heavy atom. The van der Waals surface area contributed by atoms with E-state index >= 15 is 0 Å². The smallest absolute Gasteiger partial charge is 0.469 e. The van der Waals surface area contributed by atoms with E-state index in [4.69, 9.17) is 0 Å². The highest BCUT2D eigenvalue weighted by Crippen LogP contribution is 2.18. The minimum Gasteiger partial charge on any atom is -0.469 e. The zero-order valence-electron chi connectivity index (χ0n) is 9.13. The maximum absolute atomic E-state index is 12.1. The zero-order chi connectivity index (χ0) is 13.1. The summed E-state index contributed by atoms with van der Waals surface area (Å²) >= 11 is 0. The maximum Gasteiger partial charge on any atom is 0.471 e.